The zero-order chi connectivity index (χ0) is 23.3. The number of carbonyl (C=O) groups excluding carboxylic acids is 2. The van der Waals surface area contributed by atoms with Crippen molar-refractivity contribution >= 4 is 33.8 Å². The Labute approximate surface area is 186 Å². The van der Waals surface area contributed by atoms with Gasteiger partial charge >= 0.3 is 17.7 Å². The molecule has 7 nitrogen and oxygen atoms in total. The van der Waals surface area contributed by atoms with Gasteiger partial charge in [-0.15, -0.1) is 0 Å². The van der Waals surface area contributed by atoms with Crippen LogP contribution in [0, 0.1) is 6.92 Å². The minimum absolute atomic E-state index is 0.256. The Morgan fingerprint density at radius 1 is 0.969 bits per heavy atom. The van der Waals surface area contributed by atoms with Gasteiger partial charge in [0.1, 0.15) is 16.9 Å². The van der Waals surface area contributed by atoms with Crippen LogP contribution in [0.2, 0.25) is 0 Å². The highest BCUT2D eigenvalue weighted by Gasteiger charge is 2.16. The van der Waals surface area contributed by atoms with Crippen LogP contribution in [0.25, 0.3) is 21.7 Å². The van der Waals surface area contributed by atoms with Crippen molar-refractivity contribution in [3.8, 4) is 5.75 Å². The van der Waals surface area contributed by atoms with Crippen molar-refractivity contribution in [1.82, 2.24) is 5.32 Å². The van der Waals surface area contributed by atoms with Crippen molar-refractivity contribution in [2.45, 2.75) is 59.0 Å². The van der Waals surface area contributed by atoms with Gasteiger partial charge in [0.2, 0.25) is 0 Å². The fraction of sp³-hybridized carbons (Fsp3) is 0.400. The first-order chi connectivity index (χ1) is 15.2. The molecule has 0 atom stereocenters. The molecule has 0 bridgehead atoms. The number of unbranched alkanes of at least 4 members (excludes halogenated alkanes) is 2. The Morgan fingerprint density at radius 2 is 1.69 bits per heavy atom. The molecular formula is C25H29NO6. The minimum Gasteiger partial charge on any atom is -0.444 e. The van der Waals surface area contributed by atoms with Crippen LogP contribution in [0.5, 0.6) is 5.75 Å². The van der Waals surface area contributed by atoms with E-state index in [1.807, 2.05) is 32.9 Å². The molecule has 0 radical (unpaired) electrons. The molecule has 0 spiro atoms. The van der Waals surface area contributed by atoms with Crippen LogP contribution in [0.4, 0.5) is 4.79 Å². The first kappa shape index (κ1) is 23.3. The molecule has 2 aromatic carbocycles. The summed E-state index contributed by atoms with van der Waals surface area (Å²) in [6.45, 7) is 7.69. The van der Waals surface area contributed by atoms with Crippen molar-refractivity contribution in [2.75, 3.05) is 6.54 Å². The van der Waals surface area contributed by atoms with Crippen LogP contribution in [0.15, 0.2) is 45.6 Å². The number of fused-ring (bicyclic) bond motifs is 3. The number of ether oxygens (including phenoxy) is 2. The summed E-state index contributed by atoms with van der Waals surface area (Å²) >= 11 is 0. The summed E-state index contributed by atoms with van der Waals surface area (Å²) in [4.78, 5) is 36.2. The summed E-state index contributed by atoms with van der Waals surface area (Å²) in [6.07, 6.45) is 1.96. The molecule has 170 valence electrons. The van der Waals surface area contributed by atoms with Crippen LogP contribution in [-0.2, 0) is 9.53 Å². The maximum absolute atomic E-state index is 12.3. The summed E-state index contributed by atoms with van der Waals surface area (Å²) in [6, 6.07) is 10.8. The first-order valence-corrected chi connectivity index (χ1v) is 10.8. The molecule has 3 aromatic rings. The lowest BCUT2D eigenvalue weighted by atomic mass is 10.0. The van der Waals surface area contributed by atoms with Crippen LogP contribution < -0.4 is 15.7 Å². The summed E-state index contributed by atoms with van der Waals surface area (Å²) in [5, 5.41) is 4.82. The van der Waals surface area contributed by atoms with E-state index in [-0.39, 0.29) is 12.4 Å². The molecule has 0 saturated carbocycles. The second kappa shape index (κ2) is 9.85. The van der Waals surface area contributed by atoms with Gasteiger partial charge in [0.15, 0.2) is 0 Å². The van der Waals surface area contributed by atoms with Crippen molar-refractivity contribution < 1.29 is 23.5 Å². The normalized spacial score (nSPS) is 11.5. The number of amides is 1. The van der Waals surface area contributed by atoms with Crippen LogP contribution in [0.3, 0.4) is 0 Å². The van der Waals surface area contributed by atoms with Crippen molar-refractivity contribution in [2.24, 2.45) is 0 Å². The van der Waals surface area contributed by atoms with E-state index < -0.39 is 17.3 Å². The van der Waals surface area contributed by atoms with E-state index in [0.29, 0.717) is 35.2 Å². The topological polar surface area (TPSA) is 94.8 Å². The summed E-state index contributed by atoms with van der Waals surface area (Å²) < 4.78 is 16.2. The summed E-state index contributed by atoms with van der Waals surface area (Å²) in [5.41, 5.74) is 0.0943. The zero-order valence-corrected chi connectivity index (χ0v) is 18.9. The van der Waals surface area contributed by atoms with Crippen molar-refractivity contribution in [1.29, 1.82) is 0 Å². The molecule has 0 unspecified atom stereocenters. The Bertz CT molecular complexity index is 1190. The molecule has 0 aliphatic rings. The third-order valence-electron chi connectivity index (χ3n) is 4.94. The van der Waals surface area contributed by atoms with Gasteiger partial charge in [-0.05, 0) is 64.1 Å². The third kappa shape index (κ3) is 5.87. The standard InChI is InChI=1S/C25H29NO6/c1-16-20(14-13-18-17-10-7-8-11-19(17)23(28)31-22(16)18)30-21(27)12-6-5-9-15-26-24(29)32-25(2,3)4/h7-8,10-11,13-14H,5-6,9,12,15H2,1-4H3,(H,26,29). The number of benzene rings is 2. The summed E-state index contributed by atoms with van der Waals surface area (Å²) in [7, 11) is 0. The number of nitrogens with one attached hydrogen (secondary N) is 1. The Hall–Kier alpha value is -3.35. The molecule has 7 heteroatoms. The highest BCUT2D eigenvalue weighted by atomic mass is 16.6. The minimum atomic E-state index is -0.523. The maximum Gasteiger partial charge on any atom is 0.407 e. The second-order valence-corrected chi connectivity index (χ2v) is 8.71. The van der Waals surface area contributed by atoms with Gasteiger partial charge in [-0.1, -0.05) is 24.6 Å². The number of hydrogen-bond donors (Lipinski definition) is 1. The van der Waals surface area contributed by atoms with E-state index in [1.165, 1.54) is 0 Å². The number of esters is 1. The smallest absolute Gasteiger partial charge is 0.407 e. The molecule has 3 rings (SSSR count). The largest absolute Gasteiger partial charge is 0.444 e. The fourth-order valence-electron chi connectivity index (χ4n) is 3.42. The Morgan fingerprint density at radius 3 is 2.41 bits per heavy atom. The van der Waals surface area contributed by atoms with Gasteiger partial charge in [-0.2, -0.15) is 0 Å². The van der Waals surface area contributed by atoms with Crippen molar-refractivity contribution in [3.63, 3.8) is 0 Å². The molecule has 1 heterocycles. The summed E-state index contributed by atoms with van der Waals surface area (Å²) in [5.74, 6) is 0.0308. The van der Waals surface area contributed by atoms with Gasteiger partial charge in [0.25, 0.3) is 0 Å². The molecule has 0 aliphatic heterocycles. The second-order valence-electron chi connectivity index (χ2n) is 8.71. The number of hydrogen-bond acceptors (Lipinski definition) is 6. The number of rotatable bonds is 7. The Balaban J connectivity index is 1.53. The van der Waals surface area contributed by atoms with Crippen LogP contribution >= 0.6 is 0 Å². The first-order valence-electron chi connectivity index (χ1n) is 10.8. The van der Waals surface area contributed by atoms with Gasteiger partial charge in [0.05, 0.1) is 5.39 Å². The number of carbonyl (C=O) groups is 2. The van der Waals surface area contributed by atoms with Gasteiger partial charge in [0, 0.05) is 23.9 Å². The van der Waals surface area contributed by atoms with E-state index in [2.05, 4.69) is 5.32 Å². The average Bonchev–Trinajstić information content (AvgIpc) is 2.72. The lowest BCUT2D eigenvalue weighted by Gasteiger charge is -2.19. The van der Waals surface area contributed by atoms with Gasteiger partial charge in [-0.3, -0.25) is 4.79 Å². The highest BCUT2D eigenvalue weighted by Crippen LogP contribution is 2.31. The average molecular weight is 440 g/mol. The quantitative estimate of drug-likeness (QED) is 0.178. The van der Waals surface area contributed by atoms with Gasteiger partial charge in [-0.25, -0.2) is 9.59 Å². The predicted octanol–water partition coefficient (Wildman–Crippen LogP) is 5.25. The maximum atomic E-state index is 12.3. The van der Waals surface area contributed by atoms with E-state index >= 15 is 0 Å². The van der Waals surface area contributed by atoms with E-state index in [9.17, 15) is 14.4 Å². The zero-order valence-electron chi connectivity index (χ0n) is 18.9. The molecule has 1 N–H and O–H groups in total. The fourth-order valence-corrected chi connectivity index (χ4v) is 3.42. The predicted molar refractivity (Wildman–Crippen MR) is 123 cm³/mol. The van der Waals surface area contributed by atoms with Crippen LogP contribution in [0.1, 0.15) is 52.0 Å². The highest BCUT2D eigenvalue weighted by molar-refractivity contribution is 6.05. The molecule has 0 aliphatic carbocycles. The SMILES string of the molecule is Cc1c(OC(=O)CCCCCNC(=O)OC(C)(C)C)ccc2c1oc(=O)c1ccccc12. The van der Waals surface area contributed by atoms with Gasteiger partial charge < -0.3 is 19.2 Å². The third-order valence-corrected chi connectivity index (χ3v) is 4.94. The van der Waals surface area contributed by atoms with Crippen molar-refractivity contribution in [3.05, 3.63) is 52.4 Å². The van der Waals surface area contributed by atoms with Crippen LogP contribution in [-0.4, -0.2) is 24.2 Å². The molecule has 0 saturated heterocycles. The Kier molecular flexibility index (Phi) is 7.18. The lowest BCUT2D eigenvalue weighted by Crippen LogP contribution is -2.33. The lowest BCUT2D eigenvalue weighted by molar-refractivity contribution is -0.134. The number of aryl methyl sites for hydroxylation is 1. The molecule has 0 fully saturated rings. The van der Waals surface area contributed by atoms with E-state index in [0.717, 1.165) is 23.6 Å². The number of alkyl carbamates (subject to hydrolysis) is 1. The van der Waals surface area contributed by atoms with E-state index in [1.54, 1.807) is 31.2 Å². The molecular weight excluding hydrogens is 410 g/mol. The monoisotopic (exact) mass is 439 g/mol. The molecule has 1 aromatic heterocycles. The molecule has 1 amide bonds. The molecule has 32 heavy (non-hydrogen) atoms. The van der Waals surface area contributed by atoms with E-state index in [4.69, 9.17) is 13.9 Å².